The number of nitrogens with one attached hydrogen (secondary N) is 1. The minimum absolute atomic E-state index is 0.0949. The normalized spacial score (nSPS) is 14.9. The predicted molar refractivity (Wildman–Crippen MR) is 119 cm³/mol. The van der Waals surface area contributed by atoms with E-state index >= 15 is 0 Å². The summed E-state index contributed by atoms with van der Waals surface area (Å²) in [5.41, 5.74) is 3.58. The van der Waals surface area contributed by atoms with Crippen LogP contribution in [0.3, 0.4) is 0 Å². The van der Waals surface area contributed by atoms with Gasteiger partial charge in [-0.3, -0.25) is 13.9 Å². The molecule has 8 nitrogen and oxygen atoms in total. The number of benzene rings is 2. The Balaban J connectivity index is 1.80. The van der Waals surface area contributed by atoms with Gasteiger partial charge in [-0.15, -0.1) is 0 Å². The Morgan fingerprint density at radius 2 is 1.60 bits per heavy atom. The number of fused-ring (bicyclic) bond motifs is 1. The van der Waals surface area contributed by atoms with Crippen LogP contribution in [0.15, 0.2) is 41.2 Å². The van der Waals surface area contributed by atoms with Crippen LogP contribution in [0.25, 0.3) is 11.0 Å². The second-order valence-electron chi connectivity index (χ2n) is 7.70. The fourth-order valence-electron chi connectivity index (χ4n) is 3.97. The van der Waals surface area contributed by atoms with Crippen LogP contribution < -0.4 is 20.6 Å². The first-order valence-electron chi connectivity index (χ1n) is 9.98. The third kappa shape index (κ3) is 3.43. The minimum Gasteiger partial charge on any atom is -0.496 e. The van der Waals surface area contributed by atoms with Gasteiger partial charge in [0.1, 0.15) is 5.75 Å². The molecular weight excluding hydrogens is 382 g/mol. The fourth-order valence-corrected chi connectivity index (χ4v) is 3.97. The van der Waals surface area contributed by atoms with Gasteiger partial charge in [-0.2, -0.15) is 0 Å². The third-order valence-electron chi connectivity index (χ3n) is 5.83. The number of methoxy groups -OCH3 is 1. The molecule has 3 aromatic rings. The van der Waals surface area contributed by atoms with Gasteiger partial charge in [-0.25, -0.2) is 4.79 Å². The molecule has 0 aliphatic carbocycles. The topological polar surface area (TPSA) is 71.7 Å². The molecule has 0 radical (unpaired) electrons. The van der Waals surface area contributed by atoms with Crippen LogP contribution in [0.4, 0.5) is 11.4 Å². The van der Waals surface area contributed by atoms with Gasteiger partial charge in [-0.1, -0.05) is 12.1 Å². The maximum Gasteiger partial charge on any atom is 0.328 e. The number of para-hydroxylation sites is 1. The molecule has 158 valence electrons. The molecule has 1 aromatic heterocycles. The molecule has 1 fully saturated rings. The van der Waals surface area contributed by atoms with Crippen LogP contribution in [-0.4, -0.2) is 60.3 Å². The smallest absolute Gasteiger partial charge is 0.328 e. The molecule has 1 saturated heterocycles. The number of aryl methyl sites for hydroxylation is 2. The Bertz CT molecular complexity index is 1160. The van der Waals surface area contributed by atoms with Gasteiger partial charge < -0.3 is 19.9 Å². The number of piperazine rings is 1. The zero-order valence-corrected chi connectivity index (χ0v) is 17.8. The van der Waals surface area contributed by atoms with E-state index in [9.17, 15) is 9.59 Å². The lowest BCUT2D eigenvalue weighted by Gasteiger charge is -2.35. The average Bonchev–Trinajstić information content (AvgIpc) is 2.97. The summed E-state index contributed by atoms with van der Waals surface area (Å²) in [5.74, 6) is 0.271. The first-order chi connectivity index (χ1) is 14.4. The van der Waals surface area contributed by atoms with Gasteiger partial charge in [0.15, 0.2) is 0 Å². The van der Waals surface area contributed by atoms with E-state index in [4.69, 9.17) is 4.74 Å². The lowest BCUT2D eigenvalue weighted by Crippen LogP contribution is -2.44. The van der Waals surface area contributed by atoms with E-state index in [-0.39, 0.29) is 11.6 Å². The number of likely N-dealkylation sites (N-methyl/N-ethyl adjacent to an activating group) is 1. The van der Waals surface area contributed by atoms with E-state index in [2.05, 4.69) is 22.2 Å². The van der Waals surface area contributed by atoms with Gasteiger partial charge >= 0.3 is 5.69 Å². The number of hydrogen-bond acceptors (Lipinski definition) is 5. The highest BCUT2D eigenvalue weighted by Gasteiger charge is 2.22. The second kappa shape index (κ2) is 7.87. The van der Waals surface area contributed by atoms with Crippen LogP contribution >= 0.6 is 0 Å². The zero-order valence-electron chi connectivity index (χ0n) is 17.8. The molecule has 0 saturated carbocycles. The van der Waals surface area contributed by atoms with Crippen molar-refractivity contribution in [2.24, 2.45) is 14.1 Å². The molecule has 8 heteroatoms. The van der Waals surface area contributed by atoms with E-state index in [1.807, 2.05) is 24.3 Å². The molecule has 1 aliphatic heterocycles. The summed E-state index contributed by atoms with van der Waals surface area (Å²) >= 11 is 0. The summed E-state index contributed by atoms with van der Waals surface area (Å²) < 4.78 is 8.58. The summed E-state index contributed by atoms with van der Waals surface area (Å²) in [6.07, 6.45) is 0. The van der Waals surface area contributed by atoms with Crippen molar-refractivity contribution < 1.29 is 9.53 Å². The summed E-state index contributed by atoms with van der Waals surface area (Å²) in [4.78, 5) is 30.1. The molecule has 0 unspecified atom stereocenters. The summed E-state index contributed by atoms with van der Waals surface area (Å²) in [6.45, 7) is 3.57. The Kier molecular flexibility index (Phi) is 5.26. The summed E-state index contributed by atoms with van der Waals surface area (Å²) in [6, 6.07) is 11.0. The maximum atomic E-state index is 13.1. The molecule has 0 atom stereocenters. The van der Waals surface area contributed by atoms with Crippen molar-refractivity contribution in [1.29, 1.82) is 0 Å². The molecule has 30 heavy (non-hydrogen) atoms. The molecule has 0 spiro atoms. The van der Waals surface area contributed by atoms with Crippen LogP contribution in [-0.2, 0) is 14.1 Å². The Morgan fingerprint density at radius 1 is 0.967 bits per heavy atom. The van der Waals surface area contributed by atoms with Crippen molar-refractivity contribution in [3.05, 3.63) is 52.4 Å². The van der Waals surface area contributed by atoms with Gasteiger partial charge in [0.2, 0.25) is 0 Å². The van der Waals surface area contributed by atoms with Gasteiger partial charge in [-0.05, 0) is 31.3 Å². The van der Waals surface area contributed by atoms with Crippen molar-refractivity contribution >= 4 is 28.3 Å². The van der Waals surface area contributed by atoms with Crippen molar-refractivity contribution in [1.82, 2.24) is 14.0 Å². The highest BCUT2D eigenvalue weighted by Crippen LogP contribution is 2.32. The minimum atomic E-state index is -0.247. The quantitative estimate of drug-likeness (QED) is 0.713. The number of amides is 1. The maximum absolute atomic E-state index is 13.1. The van der Waals surface area contributed by atoms with E-state index in [0.717, 1.165) is 42.9 Å². The SMILES string of the molecule is COc1ccccc1C(=O)Nc1cc2c(cc1N1CCN(C)CC1)n(C)c(=O)n2C. The first-order valence-corrected chi connectivity index (χ1v) is 9.98. The Labute approximate surface area is 175 Å². The number of ether oxygens (including phenoxy) is 1. The van der Waals surface area contributed by atoms with Crippen molar-refractivity contribution in [3.8, 4) is 5.75 Å². The third-order valence-corrected chi connectivity index (χ3v) is 5.83. The summed E-state index contributed by atoms with van der Waals surface area (Å²) in [5, 5.41) is 3.06. The Morgan fingerprint density at radius 3 is 2.27 bits per heavy atom. The van der Waals surface area contributed by atoms with Gasteiger partial charge in [0, 0.05) is 40.3 Å². The van der Waals surface area contributed by atoms with Crippen molar-refractivity contribution in [2.75, 3.05) is 50.6 Å². The van der Waals surface area contributed by atoms with Gasteiger partial charge in [0.05, 0.1) is 35.1 Å². The molecule has 1 N–H and O–H groups in total. The molecule has 2 heterocycles. The Hall–Kier alpha value is -3.26. The molecule has 4 rings (SSSR count). The number of rotatable bonds is 4. The largest absolute Gasteiger partial charge is 0.496 e. The highest BCUT2D eigenvalue weighted by atomic mass is 16.5. The van der Waals surface area contributed by atoms with Crippen LogP contribution in [0.5, 0.6) is 5.75 Å². The number of imidazole rings is 1. The van der Waals surface area contributed by atoms with Crippen molar-refractivity contribution in [2.45, 2.75) is 0 Å². The van der Waals surface area contributed by atoms with Crippen molar-refractivity contribution in [3.63, 3.8) is 0 Å². The number of hydrogen-bond donors (Lipinski definition) is 1. The van der Waals surface area contributed by atoms with Crippen LogP contribution in [0.1, 0.15) is 10.4 Å². The molecule has 2 aromatic carbocycles. The van der Waals surface area contributed by atoms with Crippen LogP contribution in [0.2, 0.25) is 0 Å². The first kappa shape index (κ1) is 20.0. The van der Waals surface area contributed by atoms with E-state index in [1.165, 1.54) is 0 Å². The average molecular weight is 409 g/mol. The zero-order chi connectivity index (χ0) is 21.4. The molecule has 0 bridgehead atoms. The molecule has 1 amide bonds. The number of aromatic nitrogens is 2. The predicted octanol–water partition coefficient (Wildman–Crippen LogP) is 1.89. The number of nitrogens with zero attached hydrogens (tertiary/aromatic N) is 4. The summed E-state index contributed by atoms with van der Waals surface area (Å²) in [7, 11) is 7.16. The fraction of sp³-hybridized carbons (Fsp3) is 0.364. The van der Waals surface area contributed by atoms with E-state index in [0.29, 0.717) is 17.0 Å². The van der Waals surface area contributed by atoms with Crippen LogP contribution in [0, 0.1) is 0 Å². The monoisotopic (exact) mass is 409 g/mol. The number of carbonyl (C=O) groups is 1. The second-order valence-corrected chi connectivity index (χ2v) is 7.70. The molecular formula is C22H27N5O3. The molecule has 1 aliphatic rings. The van der Waals surface area contributed by atoms with Gasteiger partial charge in [0.25, 0.3) is 5.91 Å². The lowest BCUT2D eigenvalue weighted by molar-refractivity contribution is 0.102. The highest BCUT2D eigenvalue weighted by molar-refractivity contribution is 6.09. The van der Waals surface area contributed by atoms with E-state index < -0.39 is 0 Å². The lowest BCUT2D eigenvalue weighted by atomic mass is 10.1. The number of carbonyl (C=O) groups excluding carboxylic acids is 1. The standard InChI is InChI=1S/C22H27N5O3/c1-24-9-11-27(12-10-24)17-14-19-18(25(2)22(29)26(19)3)13-16(17)23-21(28)15-7-5-6-8-20(15)30-4/h5-8,13-14H,9-12H2,1-4H3,(H,23,28). The van der Waals surface area contributed by atoms with E-state index in [1.54, 1.807) is 42.5 Å². The number of anilines is 2.